The second-order valence-electron chi connectivity index (χ2n) is 17.3. The number of Topliss-reactive ketones (excluding diaryl/α,β-unsaturated/α-hetero) is 1. The molecule has 1 aromatic heterocycles. The molecule has 0 fully saturated rings. The molecule has 0 aliphatic rings. The zero-order valence-electron chi connectivity index (χ0n) is 38.0. The highest BCUT2D eigenvalue weighted by atomic mass is 19.4. The summed E-state index contributed by atoms with van der Waals surface area (Å²) in [6.45, 7) is 4.84. The van der Waals surface area contributed by atoms with Crippen molar-refractivity contribution in [3.63, 3.8) is 0 Å². The lowest BCUT2D eigenvalue weighted by Gasteiger charge is -2.46. The molecule has 0 aliphatic carbocycles. The first-order valence-electron chi connectivity index (χ1n) is 21.2. The third-order valence-corrected chi connectivity index (χ3v) is 11.3. The molecular formula is C48H31BF24N2O. The predicted octanol–water partition coefficient (Wildman–Crippen LogP) is 13.9. The van der Waals surface area contributed by atoms with E-state index in [0.717, 1.165) is 6.54 Å². The second kappa shape index (κ2) is 21.0. The van der Waals surface area contributed by atoms with Crippen molar-refractivity contribution in [1.29, 1.82) is 0 Å². The molecule has 0 N–H and O–H groups in total. The number of halogens is 24. The van der Waals surface area contributed by atoms with Crippen LogP contribution in [0.15, 0.2) is 122 Å². The molecule has 410 valence electrons. The standard InChI is InChI=1S/C32H12BF24.C16H19N2O/c34-25(35,36)13-1-14(26(37,38)39)6-21(5-13)33(22-7-15(27(40,41)42)2-16(8-22)28(43,44)45,23-9-17(29(46,47)48)3-18(10-23)30(49,50)51)24-11-19(31(52,53)54)4-20(12-24)32(55,56)57;1-13(2)10-16(19)15-12-18(9-8-17-15)11-14-6-4-3-5-7-14/h1-12H;3-9,12-13H,10-11H2,1-2H3/q-1;+1. The van der Waals surface area contributed by atoms with Crippen LogP contribution in [0.2, 0.25) is 0 Å². The molecule has 0 radical (unpaired) electrons. The third kappa shape index (κ3) is 14.4. The normalized spacial score (nSPS) is 13.4. The molecule has 0 unspecified atom stereocenters. The second-order valence-corrected chi connectivity index (χ2v) is 17.3. The van der Waals surface area contributed by atoms with E-state index >= 15 is 0 Å². The SMILES string of the molecule is CC(C)CC(=O)c1c[n+](Cc2ccccc2)ccn1.FC(F)(F)c1cc([B-](c2cc(C(F)(F)F)cc(C(F)(F)F)c2)(c2cc(C(F)(F)F)cc(C(F)(F)F)c2)c2cc(C(F)(F)F)cc(C(F)(F)F)c2)cc(C(F)(F)F)c1. The van der Waals surface area contributed by atoms with E-state index < -0.39 is 195 Å². The molecule has 0 bridgehead atoms. The van der Waals surface area contributed by atoms with Gasteiger partial charge in [-0.2, -0.15) is 132 Å². The van der Waals surface area contributed by atoms with E-state index in [1.807, 2.05) is 49.0 Å². The molecule has 1 heterocycles. The largest absolute Gasteiger partial charge is 0.416 e. The first kappa shape index (κ1) is 60.1. The van der Waals surface area contributed by atoms with Crippen LogP contribution < -0.4 is 26.4 Å². The molecule has 28 heteroatoms. The maximum Gasteiger partial charge on any atom is 0.416 e. The summed E-state index contributed by atoms with van der Waals surface area (Å²) in [4.78, 5) is 16.1. The zero-order valence-corrected chi connectivity index (χ0v) is 38.0. The van der Waals surface area contributed by atoms with Crippen molar-refractivity contribution >= 4 is 33.8 Å². The number of aromatic nitrogens is 2. The zero-order chi connectivity index (χ0) is 57.6. The van der Waals surface area contributed by atoms with Crippen molar-refractivity contribution in [3.05, 3.63) is 177 Å². The Morgan fingerprint density at radius 2 is 0.697 bits per heavy atom. The number of rotatable bonds is 9. The van der Waals surface area contributed by atoms with Crippen LogP contribution in [-0.2, 0) is 56.0 Å². The Labute approximate surface area is 412 Å². The first-order chi connectivity index (χ1) is 34.4. The fraction of sp³-hybridized carbons (Fsp3) is 0.271. The van der Waals surface area contributed by atoms with Gasteiger partial charge in [-0.05, 0) is 30.2 Å². The molecule has 6 aromatic rings. The van der Waals surface area contributed by atoms with E-state index in [2.05, 4.69) is 17.1 Å². The number of alkyl halides is 24. The monoisotopic (exact) mass is 1120 g/mol. The highest BCUT2D eigenvalue weighted by Gasteiger charge is 2.47. The van der Waals surface area contributed by atoms with Crippen LogP contribution in [0.1, 0.15) is 80.8 Å². The highest BCUT2D eigenvalue weighted by Crippen LogP contribution is 2.41. The Balaban J connectivity index is 0.000000468. The van der Waals surface area contributed by atoms with Gasteiger partial charge in [0, 0.05) is 12.0 Å². The minimum Gasteiger partial charge on any atom is -0.292 e. The topological polar surface area (TPSA) is 33.8 Å². The van der Waals surface area contributed by atoms with Gasteiger partial charge in [0.1, 0.15) is 6.15 Å². The molecular weight excluding hydrogens is 1090 g/mol. The summed E-state index contributed by atoms with van der Waals surface area (Å²) in [5.74, 6) is 0.467. The van der Waals surface area contributed by atoms with Crippen molar-refractivity contribution in [2.45, 2.75) is 76.2 Å². The van der Waals surface area contributed by atoms with Gasteiger partial charge >= 0.3 is 49.4 Å². The molecule has 0 aliphatic heterocycles. The Bertz CT molecular complexity index is 2600. The molecule has 76 heavy (non-hydrogen) atoms. The molecule has 6 rings (SSSR count). The third-order valence-electron chi connectivity index (χ3n) is 11.3. The van der Waals surface area contributed by atoms with E-state index in [1.165, 1.54) is 5.56 Å². The quantitative estimate of drug-likeness (QED) is 0.0626. The summed E-state index contributed by atoms with van der Waals surface area (Å²) < 4.78 is 343. The summed E-state index contributed by atoms with van der Waals surface area (Å²) in [5, 5.41) is 0. The molecule has 5 aromatic carbocycles. The lowest BCUT2D eigenvalue weighted by Crippen LogP contribution is -2.75. The van der Waals surface area contributed by atoms with Crippen molar-refractivity contribution in [3.8, 4) is 0 Å². The molecule has 0 spiro atoms. The fourth-order valence-corrected chi connectivity index (χ4v) is 8.02. The average molecular weight is 1120 g/mol. The van der Waals surface area contributed by atoms with Crippen LogP contribution in [0.3, 0.4) is 0 Å². The maximum absolute atomic E-state index is 14.2. The number of carbonyl (C=O) groups excluding carboxylic acids is 1. The van der Waals surface area contributed by atoms with Crippen LogP contribution in [0.5, 0.6) is 0 Å². The Hall–Kier alpha value is -6.77. The minimum absolute atomic E-state index is 0.109. The predicted molar refractivity (Wildman–Crippen MR) is 224 cm³/mol. The summed E-state index contributed by atoms with van der Waals surface area (Å²) in [5.41, 5.74) is -28.4. The Morgan fingerprint density at radius 3 is 0.934 bits per heavy atom. The van der Waals surface area contributed by atoms with Gasteiger partial charge in [0.15, 0.2) is 30.4 Å². The Kier molecular flexibility index (Phi) is 16.6. The van der Waals surface area contributed by atoms with Gasteiger partial charge in [0.2, 0.25) is 0 Å². The van der Waals surface area contributed by atoms with Gasteiger partial charge in [0.25, 0.3) is 0 Å². The minimum atomic E-state index is -6.13. The first-order valence-corrected chi connectivity index (χ1v) is 21.2. The Morgan fingerprint density at radius 1 is 0.434 bits per heavy atom. The van der Waals surface area contributed by atoms with Crippen molar-refractivity contribution < 1.29 is 115 Å². The molecule has 0 atom stereocenters. The van der Waals surface area contributed by atoms with Crippen LogP contribution >= 0.6 is 0 Å². The number of ketones is 1. The van der Waals surface area contributed by atoms with Gasteiger partial charge < -0.3 is 0 Å². The van der Waals surface area contributed by atoms with Gasteiger partial charge in [-0.15, -0.1) is 0 Å². The lowest BCUT2D eigenvalue weighted by atomic mass is 9.12. The van der Waals surface area contributed by atoms with Crippen LogP contribution in [-0.4, -0.2) is 16.9 Å². The molecule has 3 nitrogen and oxygen atoms in total. The van der Waals surface area contributed by atoms with E-state index in [0.29, 0.717) is 18.0 Å². The number of hydrogen-bond acceptors (Lipinski definition) is 2. The average Bonchev–Trinajstić information content (AvgIpc) is 3.27. The molecule has 0 saturated carbocycles. The van der Waals surface area contributed by atoms with Crippen molar-refractivity contribution in [1.82, 2.24) is 4.98 Å². The van der Waals surface area contributed by atoms with Gasteiger partial charge in [-0.3, -0.25) is 4.79 Å². The van der Waals surface area contributed by atoms with Crippen LogP contribution in [0.25, 0.3) is 0 Å². The number of hydrogen-bond donors (Lipinski definition) is 0. The van der Waals surface area contributed by atoms with Crippen molar-refractivity contribution in [2.75, 3.05) is 0 Å². The van der Waals surface area contributed by atoms with Gasteiger partial charge in [-0.25, -0.2) is 4.98 Å². The summed E-state index contributed by atoms with van der Waals surface area (Å²) in [6, 6.07) is 1.36. The van der Waals surface area contributed by atoms with Gasteiger partial charge in [-0.1, -0.05) is 92.7 Å². The summed E-state index contributed by atoms with van der Waals surface area (Å²) in [6.07, 6.45) is -48.9. The molecule has 0 amide bonds. The number of benzene rings is 5. The van der Waals surface area contributed by atoms with E-state index in [1.54, 1.807) is 6.20 Å². The van der Waals surface area contributed by atoms with Crippen LogP contribution in [0.4, 0.5) is 105 Å². The summed E-state index contributed by atoms with van der Waals surface area (Å²) >= 11 is 0. The van der Waals surface area contributed by atoms with Crippen molar-refractivity contribution in [2.24, 2.45) is 5.92 Å². The smallest absolute Gasteiger partial charge is 0.292 e. The highest BCUT2D eigenvalue weighted by molar-refractivity contribution is 7.20. The lowest BCUT2D eigenvalue weighted by molar-refractivity contribution is -0.689. The number of carbonyl (C=O) groups is 1. The summed E-state index contributed by atoms with van der Waals surface area (Å²) in [7, 11) is 0. The van der Waals surface area contributed by atoms with E-state index in [4.69, 9.17) is 0 Å². The number of nitrogens with zero attached hydrogens (tertiary/aromatic N) is 2. The van der Waals surface area contributed by atoms with E-state index in [-0.39, 0.29) is 5.78 Å². The van der Waals surface area contributed by atoms with Gasteiger partial charge in [0.05, 0.1) is 50.7 Å². The fourth-order valence-electron chi connectivity index (χ4n) is 8.02. The molecule has 0 saturated heterocycles. The van der Waals surface area contributed by atoms with Crippen LogP contribution in [0, 0.1) is 5.92 Å². The van der Waals surface area contributed by atoms with E-state index in [9.17, 15) is 110 Å². The maximum atomic E-state index is 14.2.